The molecule has 56 heavy (non-hydrogen) atoms. The van der Waals surface area contributed by atoms with E-state index in [1.54, 1.807) is 6.08 Å². The molecule has 0 saturated heterocycles. The normalized spacial score (nSPS) is 13.6. The van der Waals surface area contributed by atoms with E-state index in [0.29, 0.717) is 6.42 Å². The minimum atomic E-state index is -1.10. The van der Waals surface area contributed by atoms with Crippen LogP contribution >= 0.6 is 0 Å². The largest absolute Gasteiger partial charge is 0.394 e. The second-order valence-corrected chi connectivity index (χ2v) is 17.4. The van der Waals surface area contributed by atoms with Crippen molar-refractivity contribution in [3.63, 3.8) is 0 Å². The first-order valence-electron chi connectivity index (χ1n) is 25.2. The minimum Gasteiger partial charge on any atom is -0.394 e. The molecule has 0 spiro atoms. The molecular formula is C51H99NO4. The van der Waals surface area contributed by atoms with Gasteiger partial charge in [-0.15, -0.1) is 0 Å². The highest BCUT2D eigenvalue weighted by Gasteiger charge is 2.22. The van der Waals surface area contributed by atoms with Crippen molar-refractivity contribution in [3.05, 3.63) is 24.3 Å². The molecule has 0 saturated carbocycles. The van der Waals surface area contributed by atoms with Crippen LogP contribution in [0, 0.1) is 0 Å². The minimum absolute atomic E-state index is 0.361. The Hall–Kier alpha value is -1.17. The maximum Gasteiger partial charge on any atom is 0.249 e. The van der Waals surface area contributed by atoms with Crippen molar-refractivity contribution in [1.29, 1.82) is 0 Å². The van der Waals surface area contributed by atoms with E-state index in [2.05, 4.69) is 31.3 Å². The molecule has 0 aliphatic rings. The number of allylic oxidation sites excluding steroid dienone is 3. The number of unbranched alkanes of at least 4 members (excludes halogenated alkanes) is 36. The fraction of sp³-hybridized carbons (Fsp3) is 0.902. The van der Waals surface area contributed by atoms with E-state index in [-0.39, 0.29) is 6.61 Å². The quantitative estimate of drug-likeness (QED) is 0.0365. The molecule has 1 amide bonds. The number of nitrogens with one attached hydrogen (secondary N) is 1. The van der Waals surface area contributed by atoms with Gasteiger partial charge in [0.05, 0.1) is 18.8 Å². The molecule has 3 unspecified atom stereocenters. The first-order chi connectivity index (χ1) is 27.6. The molecule has 0 bridgehead atoms. The molecule has 3 atom stereocenters. The SMILES string of the molecule is CCCCCCCCCCCCC/C=C/C(O)C(CO)NC(=O)C(O)CCCCCCCCCCCCCCC/C=C\CCCCCCCCCCCCCC. The molecule has 5 nitrogen and oxygen atoms in total. The third-order valence-electron chi connectivity index (χ3n) is 11.8. The number of amides is 1. The van der Waals surface area contributed by atoms with Gasteiger partial charge < -0.3 is 20.6 Å². The second kappa shape index (κ2) is 46.5. The van der Waals surface area contributed by atoms with Crippen molar-refractivity contribution >= 4 is 5.91 Å². The van der Waals surface area contributed by atoms with Gasteiger partial charge in [0.2, 0.25) is 5.91 Å². The van der Waals surface area contributed by atoms with E-state index in [1.807, 2.05) is 6.08 Å². The summed E-state index contributed by atoms with van der Waals surface area (Å²) in [5.74, 6) is -0.501. The molecule has 0 radical (unpaired) electrons. The Bertz CT molecular complexity index is 829. The lowest BCUT2D eigenvalue weighted by Gasteiger charge is -2.21. The van der Waals surface area contributed by atoms with Crippen LogP contribution in [-0.2, 0) is 4.79 Å². The molecule has 0 aromatic carbocycles. The predicted octanol–water partition coefficient (Wildman–Crippen LogP) is 14.9. The van der Waals surface area contributed by atoms with Crippen LogP contribution in [0.2, 0.25) is 0 Å². The van der Waals surface area contributed by atoms with Crippen molar-refractivity contribution in [2.45, 2.75) is 289 Å². The molecule has 332 valence electrons. The molecule has 0 heterocycles. The maximum atomic E-state index is 12.5. The summed E-state index contributed by atoms with van der Waals surface area (Å²) in [6, 6.07) is -0.795. The van der Waals surface area contributed by atoms with Gasteiger partial charge in [0, 0.05) is 0 Å². The van der Waals surface area contributed by atoms with Crippen LogP contribution in [0.1, 0.15) is 271 Å². The van der Waals surface area contributed by atoms with Crippen molar-refractivity contribution in [1.82, 2.24) is 5.32 Å². The Kier molecular flexibility index (Phi) is 45.5. The molecule has 0 aromatic rings. The predicted molar refractivity (Wildman–Crippen MR) is 245 cm³/mol. The Balaban J connectivity index is 3.54. The van der Waals surface area contributed by atoms with Crippen molar-refractivity contribution < 1.29 is 20.1 Å². The fourth-order valence-corrected chi connectivity index (χ4v) is 7.83. The lowest BCUT2D eigenvalue weighted by atomic mass is 10.0. The number of aliphatic hydroxyl groups is 3. The van der Waals surface area contributed by atoms with Crippen molar-refractivity contribution in [2.24, 2.45) is 0 Å². The summed E-state index contributed by atoms with van der Waals surface area (Å²) >= 11 is 0. The summed E-state index contributed by atoms with van der Waals surface area (Å²) in [5, 5.41) is 33.2. The van der Waals surface area contributed by atoms with Crippen LogP contribution < -0.4 is 5.32 Å². The molecule has 0 fully saturated rings. The zero-order valence-corrected chi connectivity index (χ0v) is 37.8. The Morgan fingerprint density at radius 3 is 1.04 bits per heavy atom. The lowest BCUT2D eigenvalue weighted by molar-refractivity contribution is -0.131. The highest BCUT2D eigenvalue weighted by atomic mass is 16.3. The van der Waals surface area contributed by atoms with Crippen LogP contribution in [0.5, 0.6) is 0 Å². The number of hydrogen-bond donors (Lipinski definition) is 4. The van der Waals surface area contributed by atoms with E-state index >= 15 is 0 Å². The number of aliphatic hydroxyl groups excluding tert-OH is 3. The van der Waals surface area contributed by atoms with Crippen LogP contribution in [0.3, 0.4) is 0 Å². The van der Waals surface area contributed by atoms with E-state index in [0.717, 1.165) is 32.1 Å². The van der Waals surface area contributed by atoms with Crippen molar-refractivity contribution in [3.8, 4) is 0 Å². The third-order valence-corrected chi connectivity index (χ3v) is 11.8. The van der Waals surface area contributed by atoms with Gasteiger partial charge >= 0.3 is 0 Å². The zero-order chi connectivity index (χ0) is 40.8. The average molecular weight is 790 g/mol. The first kappa shape index (κ1) is 54.8. The molecular weight excluding hydrogens is 691 g/mol. The van der Waals surface area contributed by atoms with Crippen LogP contribution in [-0.4, -0.2) is 46.1 Å². The van der Waals surface area contributed by atoms with E-state index < -0.39 is 24.2 Å². The van der Waals surface area contributed by atoms with Gasteiger partial charge in [-0.2, -0.15) is 0 Å². The Morgan fingerprint density at radius 2 is 0.714 bits per heavy atom. The highest BCUT2D eigenvalue weighted by Crippen LogP contribution is 2.16. The van der Waals surface area contributed by atoms with Gasteiger partial charge in [-0.1, -0.05) is 250 Å². The van der Waals surface area contributed by atoms with Gasteiger partial charge in [0.25, 0.3) is 0 Å². The zero-order valence-electron chi connectivity index (χ0n) is 37.8. The van der Waals surface area contributed by atoms with Gasteiger partial charge in [-0.05, 0) is 44.9 Å². The number of carbonyl (C=O) groups is 1. The van der Waals surface area contributed by atoms with Gasteiger partial charge in [-0.3, -0.25) is 4.79 Å². The summed E-state index contributed by atoms with van der Waals surface area (Å²) < 4.78 is 0. The smallest absolute Gasteiger partial charge is 0.249 e. The molecule has 4 N–H and O–H groups in total. The first-order valence-corrected chi connectivity index (χ1v) is 25.2. The summed E-state index contributed by atoms with van der Waals surface area (Å²) in [5.41, 5.74) is 0. The molecule has 0 aliphatic heterocycles. The molecule has 0 aromatic heterocycles. The number of rotatable bonds is 46. The van der Waals surface area contributed by atoms with Gasteiger partial charge in [-0.25, -0.2) is 0 Å². The summed E-state index contributed by atoms with van der Waals surface area (Å²) in [6.07, 6.45) is 58.1. The van der Waals surface area contributed by atoms with E-state index in [4.69, 9.17) is 0 Å². The van der Waals surface area contributed by atoms with Crippen LogP contribution in [0.4, 0.5) is 0 Å². The van der Waals surface area contributed by atoms with Gasteiger partial charge in [0.1, 0.15) is 6.10 Å². The standard InChI is InChI=1S/C51H99NO4/c1-3-5-7-9-11-13-15-17-18-19-20-21-22-23-24-25-26-27-28-29-30-31-32-34-36-38-40-42-44-46-50(55)51(56)52-48(47-53)49(54)45-43-41-39-37-35-33-16-14-12-10-8-6-4-2/h23-24,43,45,48-50,53-55H,3-22,25-42,44,46-47H2,1-2H3,(H,52,56)/b24-23-,45-43+. The summed E-state index contributed by atoms with van der Waals surface area (Å²) in [4.78, 5) is 12.5. The molecule has 0 rings (SSSR count). The molecule has 5 heteroatoms. The monoisotopic (exact) mass is 790 g/mol. The average Bonchev–Trinajstić information content (AvgIpc) is 3.20. The van der Waals surface area contributed by atoms with Crippen LogP contribution in [0.15, 0.2) is 24.3 Å². The summed E-state index contributed by atoms with van der Waals surface area (Å²) in [6.45, 7) is 4.19. The fourth-order valence-electron chi connectivity index (χ4n) is 7.83. The van der Waals surface area contributed by atoms with Crippen molar-refractivity contribution in [2.75, 3.05) is 6.61 Å². The van der Waals surface area contributed by atoms with Gasteiger partial charge in [0.15, 0.2) is 0 Å². The Labute approximate surface area is 350 Å². The second-order valence-electron chi connectivity index (χ2n) is 17.4. The Morgan fingerprint density at radius 1 is 0.429 bits per heavy atom. The topological polar surface area (TPSA) is 89.8 Å². The number of hydrogen-bond acceptors (Lipinski definition) is 4. The maximum absolute atomic E-state index is 12.5. The van der Waals surface area contributed by atoms with Crippen LogP contribution in [0.25, 0.3) is 0 Å². The summed E-state index contributed by atoms with van der Waals surface area (Å²) in [7, 11) is 0. The molecule has 0 aliphatic carbocycles. The third kappa shape index (κ3) is 41.0. The van der Waals surface area contributed by atoms with E-state index in [1.165, 1.54) is 218 Å². The van der Waals surface area contributed by atoms with E-state index in [9.17, 15) is 20.1 Å². The highest BCUT2D eigenvalue weighted by molar-refractivity contribution is 5.80. The lowest BCUT2D eigenvalue weighted by Crippen LogP contribution is -2.48. The number of carbonyl (C=O) groups excluding carboxylic acids is 1.